The van der Waals surface area contributed by atoms with Crippen molar-refractivity contribution in [2.24, 2.45) is 4.99 Å². The van der Waals surface area contributed by atoms with Crippen LogP contribution in [0, 0.1) is 10.1 Å². The normalized spacial score (nSPS) is 15.2. The number of carbonyl (C=O) groups excluding carboxylic acids is 2. The number of carbonyl (C=O) groups is 2. The Hall–Kier alpha value is -4.33. The lowest BCUT2D eigenvalue weighted by Gasteiger charge is -2.14. The molecular weight excluding hydrogens is 396 g/mol. The molecule has 0 aliphatic carbocycles. The second kappa shape index (κ2) is 8.19. The Morgan fingerprint density at radius 3 is 2.55 bits per heavy atom. The summed E-state index contributed by atoms with van der Waals surface area (Å²) in [5, 5.41) is 16.8. The van der Waals surface area contributed by atoms with Crippen molar-refractivity contribution in [3.63, 3.8) is 0 Å². The molecule has 8 nitrogen and oxygen atoms in total. The molecule has 1 aliphatic heterocycles. The summed E-state index contributed by atoms with van der Waals surface area (Å²) in [6, 6.07) is 20.4. The number of nitrogens with zero attached hydrogens (tertiary/aromatic N) is 2. The van der Waals surface area contributed by atoms with Crippen molar-refractivity contribution in [1.82, 2.24) is 0 Å². The van der Waals surface area contributed by atoms with Gasteiger partial charge in [0.2, 0.25) is 11.8 Å². The maximum atomic E-state index is 12.9. The fraction of sp³-hybridized carbons (Fsp3) is 0.0870. The van der Waals surface area contributed by atoms with Crippen LogP contribution in [0.5, 0.6) is 0 Å². The first-order valence-electron chi connectivity index (χ1n) is 9.53. The van der Waals surface area contributed by atoms with E-state index < -0.39 is 10.8 Å². The van der Waals surface area contributed by atoms with E-state index in [4.69, 9.17) is 4.99 Å². The number of fused-ring (bicyclic) bond motifs is 1. The third-order valence-electron chi connectivity index (χ3n) is 4.84. The average Bonchev–Trinajstić information content (AvgIpc) is 3.07. The van der Waals surface area contributed by atoms with Gasteiger partial charge in [-0.25, -0.2) is 0 Å². The summed E-state index contributed by atoms with van der Waals surface area (Å²) in [4.78, 5) is 39.8. The van der Waals surface area contributed by atoms with Gasteiger partial charge in [-0.15, -0.1) is 0 Å². The average molecular weight is 414 g/mol. The lowest BCUT2D eigenvalue weighted by atomic mass is 9.90. The molecular formula is C23H18N4O4. The van der Waals surface area contributed by atoms with Gasteiger partial charge in [-0.1, -0.05) is 36.4 Å². The molecule has 4 rings (SSSR count). The summed E-state index contributed by atoms with van der Waals surface area (Å²) in [6.45, 7) is 1.41. The van der Waals surface area contributed by atoms with Gasteiger partial charge < -0.3 is 10.6 Å². The molecule has 1 atom stereocenters. The van der Waals surface area contributed by atoms with Crippen molar-refractivity contribution in [2.75, 3.05) is 10.6 Å². The molecule has 8 heteroatoms. The molecule has 3 aromatic carbocycles. The molecule has 3 aromatic rings. The Balaban J connectivity index is 1.86. The zero-order valence-electron chi connectivity index (χ0n) is 16.5. The number of amides is 2. The monoisotopic (exact) mass is 414 g/mol. The van der Waals surface area contributed by atoms with Crippen LogP contribution >= 0.6 is 0 Å². The van der Waals surface area contributed by atoms with E-state index in [1.54, 1.807) is 24.3 Å². The Morgan fingerprint density at radius 1 is 1.06 bits per heavy atom. The SMILES string of the molecule is CC(=O)Nc1cccc(N=C(c2ccccc2)C2C(=O)Nc3ccc([N+](=O)[O-])cc32)c1. The zero-order chi connectivity index (χ0) is 22.0. The van der Waals surface area contributed by atoms with Gasteiger partial charge in [-0.3, -0.25) is 24.7 Å². The molecule has 2 N–H and O–H groups in total. The minimum absolute atomic E-state index is 0.0969. The minimum Gasteiger partial charge on any atom is -0.326 e. The summed E-state index contributed by atoms with van der Waals surface area (Å²) in [5.74, 6) is -1.33. The van der Waals surface area contributed by atoms with E-state index in [1.165, 1.54) is 25.1 Å². The molecule has 0 saturated carbocycles. The van der Waals surface area contributed by atoms with Crippen molar-refractivity contribution < 1.29 is 14.5 Å². The highest BCUT2D eigenvalue weighted by molar-refractivity contribution is 6.24. The third-order valence-corrected chi connectivity index (χ3v) is 4.84. The van der Waals surface area contributed by atoms with Crippen LogP contribution in [0.1, 0.15) is 24.0 Å². The molecule has 154 valence electrons. The highest BCUT2D eigenvalue weighted by atomic mass is 16.6. The molecule has 0 fully saturated rings. The van der Waals surface area contributed by atoms with Gasteiger partial charge in [-0.2, -0.15) is 0 Å². The quantitative estimate of drug-likeness (QED) is 0.366. The van der Waals surface area contributed by atoms with Gasteiger partial charge in [0.15, 0.2) is 0 Å². The Bertz CT molecular complexity index is 1220. The Labute approximate surface area is 177 Å². The number of nitrogens with one attached hydrogen (secondary N) is 2. The summed E-state index contributed by atoms with van der Waals surface area (Å²) < 4.78 is 0. The van der Waals surface area contributed by atoms with Crippen LogP contribution in [0.3, 0.4) is 0 Å². The molecule has 0 saturated heterocycles. The van der Waals surface area contributed by atoms with E-state index in [0.717, 1.165) is 0 Å². The van der Waals surface area contributed by atoms with Gasteiger partial charge in [0.25, 0.3) is 5.69 Å². The number of hydrogen-bond donors (Lipinski definition) is 2. The fourth-order valence-electron chi connectivity index (χ4n) is 3.53. The van der Waals surface area contributed by atoms with Gasteiger partial charge in [-0.05, 0) is 29.8 Å². The molecule has 31 heavy (non-hydrogen) atoms. The molecule has 1 heterocycles. The van der Waals surface area contributed by atoms with Crippen LogP contribution in [-0.4, -0.2) is 22.4 Å². The maximum absolute atomic E-state index is 12.9. The number of hydrogen-bond acceptors (Lipinski definition) is 5. The lowest BCUT2D eigenvalue weighted by Crippen LogP contribution is -2.22. The molecule has 2 amide bonds. The van der Waals surface area contributed by atoms with Gasteiger partial charge >= 0.3 is 0 Å². The van der Waals surface area contributed by atoms with Gasteiger partial charge in [0.05, 0.1) is 16.3 Å². The fourth-order valence-corrected chi connectivity index (χ4v) is 3.53. The van der Waals surface area contributed by atoms with Crippen LogP contribution in [0.15, 0.2) is 77.8 Å². The van der Waals surface area contributed by atoms with E-state index in [-0.39, 0.29) is 17.5 Å². The van der Waals surface area contributed by atoms with Crippen molar-refractivity contribution in [1.29, 1.82) is 0 Å². The standard InChI is InChI=1S/C23H18N4O4/c1-14(28)24-16-8-5-9-17(12-16)25-22(15-6-3-2-4-7-15)21-19-13-18(27(30)31)10-11-20(19)26-23(21)29/h2-13,21H,1H3,(H,24,28)(H,26,29). The van der Waals surface area contributed by atoms with Gasteiger partial charge in [0.1, 0.15) is 5.92 Å². The first kappa shape index (κ1) is 20.0. The summed E-state index contributed by atoms with van der Waals surface area (Å²) in [6.07, 6.45) is 0. The molecule has 0 bridgehead atoms. The Morgan fingerprint density at radius 2 is 1.84 bits per heavy atom. The largest absolute Gasteiger partial charge is 0.326 e. The maximum Gasteiger partial charge on any atom is 0.269 e. The van der Waals surface area contributed by atoms with Crippen LogP contribution in [0.2, 0.25) is 0 Å². The number of non-ortho nitro benzene ring substituents is 1. The first-order chi connectivity index (χ1) is 14.9. The minimum atomic E-state index is -0.818. The highest BCUT2D eigenvalue weighted by Crippen LogP contribution is 2.38. The number of aliphatic imine (C=N–C) groups is 1. The number of benzene rings is 3. The van der Waals surface area contributed by atoms with Crippen molar-refractivity contribution >= 4 is 40.3 Å². The van der Waals surface area contributed by atoms with Crippen molar-refractivity contribution in [2.45, 2.75) is 12.8 Å². The van der Waals surface area contributed by atoms with E-state index in [0.29, 0.717) is 33.9 Å². The summed E-state index contributed by atoms with van der Waals surface area (Å²) >= 11 is 0. The van der Waals surface area contributed by atoms with Crippen molar-refractivity contribution in [3.05, 3.63) is 94.0 Å². The van der Waals surface area contributed by atoms with Crippen molar-refractivity contribution in [3.8, 4) is 0 Å². The molecule has 1 unspecified atom stereocenters. The zero-order valence-corrected chi connectivity index (χ0v) is 16.5. The summed E-state index contributed by atoms with van der Waals surface area (Å²) in [7, 11) is 0. The third kappa shape index (κ3) is 4.18. The number of anilines is 2. The van der Waals surface area contributed by atoms with E-state index in [2.05, 4.69) is 10.6 Å². The second-order valence-corrected chi connectivity index (χ2v) is 7.05. The van der Waals surface area contributed by atoms with Gasteiger partial charge in [0, 0.05) is 36.0 Å². The smallest absolute Gasteiger partial charge is 0.269 e. The summed E-state index contributed by atoms with van der Waals surface area (Å²) in [5.41, 5.74) is 3.21. The van der Waals surface area contributed by atoms with E-state index >= 15 is 0 Å². The van der Waals surface area contributed by atoms with Crippen LogP contribution in [-0.2, 0) is 9.59 Å². The van der Waals surface area contributed by atoms with Crippen LogP contribution in [0.25, 0.3) is 0 Å². The van der Waals surface area contributed by atoms with E-state index in [1.807, 2.05) is 30.3 Å². The second-order valence-electron chi connectivity index (χ2n) is 7.05. The Kier molecular flexibility index (Phi) is 5.28. The molecule has 0 spiro atoms. The van der Waals surface area contributed by atoms with Crippen LogP contribution in [0.4, 0.5) is 22.7 Å². The number of rotatable bonds is 5. The highest BCUT2D eigenvalue weighted by Gasteiger charge is 2.36. The number of nitro benzene ring substituents is 1. The molecule has 0 aromatic heterocycles. The topological polar surface area (TPSA) is 114 Å². The molecule has 0 radical (unpaired) electrons. The van der Waals surface area contributed by atoms with Crippen LogP contribution < -0.4 is 10.6 Å². The number of nitro groups is 1. The molecule has 1 aliphatic rings. The first-order valence-corrected chi connectivity index (χ1v) is 9.53. The predicted octanol–water partition coefficient (Wildman–Crippen LogP) is 4.41. The predicted molar refractivity (Wildman–Crippen MR) is 118 cm³/mol. The van der Waals surface area contributed by atoms with E-state index in [9.17, 15) is 19.7 Å². The lowest BCUT2D eigenvalue weighted by molar-refractivity contribution is -0.384.